The van der Waals surface area contributed by atoms with E-state index in [1.807, 2.05) is 0 Å². The van der Waals surface area contributed by atoms with Crippen molar-refractivity contribution in [2.24, 2.45) is 5.92 Å². The zero-order valence-corrected chi connectivity index (χ0v) is 10.7. The number of nitrogens with one attached hydrogen (secondary N) is 2. The Hall–Kier alpha value is -1.60. The summed E-state index contributed by atoms with van der Waals surface area (Å²) in [5.74, 6) is 0.819. The van der Waals surface area contributed by atoms with Gasteiger partial charge in [0, 0.05) is 18.5 Å². The van der Waals surface area contributed by atoms with Crippen LogP contribution >= 0.6 is 0 Å². The molecule has 2 aliphatic heterocycles. The normalized spacial score (nSPS) is 29.2. The van der Waals surface area contributed by atoms with Crippen LogP contribution in [-0.4, -0.2) is 43.2 Å². The Balaban J connectivity index is 1.41. The minimum atomic E-state index is -0.312. The number of fused-ring (bicyclic) bond motifs is 1. The maximum atomic E-state index is 11.6. The van der Waals surface area contributed by atoms with Gasteiger partial charge in [0.15, 0.2) is 0 Å². The van der Waals surface area contributed by atoms with Gasteiger partial charge in [-0.25, -0.2) is 4.79 Å². The summed E-state index contributed by atoms with van der Waals surface area (Å²) in [7, 11) is 0. The van der Waals surface area contributed by atoms with E-state index in [9.17, 15) is 4.79 Å². The van der Waals surface area contributed by atoms with Gasteiger partial charge in [0.1, 0.15) is 0 Å². The van der Waals surface area contributed by atoms with Crippen molar-refractivity contribution in [2.75, 3.05) is 25.1 Å². The minimum Gasteiger partial charge on any atom is -0.378 e. The number of rotatable bonds is 3. The van der Waals surface area contributed by atoms with Gasteiger partial charge in [-0.15, -0.1) is 0 Å². The molecule has 2 aliphatic rings. The van der Waals surface area contributed by atoms with Crippen molar-refractivity contribution in [1.82, 2.24) is 10.5 Å². The molecule has 3 heterocycles. The van der Waals surface area contributed by atoms with Crippen LogP contribution in [0.2, 0.25) is 0 Å². The predicted octanol–water partition coefficient (Wildman–Crippen LogP) is 0.908. The van der Waals surface area contributed by atoms with Crippen LogP contribution in [0.3, 0.4) is 0 Å². The summed E-state index contributed by atoms with van der Waals surface area (Å²) in [5, 5.41) is 9.04. The molecule has 0 radical (unpaired) electrons. The number of hydrogen-bond acceptors (Lipinski definition) is 5. The minimum absolute atomic E-state index is 0.0705. The van der Waals surface area contributed by atoms with Crippen LogP contribution in [0.1, 0.15) is 12.1 Å². The molecule has 0 saturated carbocycles. The number of aromatic nitrogens is 1. The molecule has 3 atom stereocenters. The smallest absolute Gasteiger partial charge is 0.321 e. The van der Waals surface area contributed by atoms with Gasteiger partial charge in [0.25, 0.3) is 0 Å². The summed E-state index contributed by atoms with van der Waals surface area (Å²) in [6.07, 6.45) is 1.21. The van der Waals surface area contributed by atoms with Crippen LogP contribution in [0.15, 0.2) is 10.6 Å². The number of carbonyl (C=O) groups is 1. The predicted molar refractivity (Wildman–Crippen MR) is 65.8 cm³/mol. The van der Waals surface area contributed by atoms with Crippen molar-refractivity contribution in [3.8, 4) is 0 Å². The van der Waals surface area contributed by atoms with E-state index in [0.29, 0.717) is 25.0 Å². The largest absolute Gasteiger partial charge is 0.378 e. The molecule has 3 rings (SSSR count). The van der Waals surface area contributed by atoms with Crippen molar-refractivity contribution < 1.29 is 18.8 Å². The van der Waals surface area contributed by atoms with E-state index < -0.39 is 0 Å². The summed E-state index contributed by atoms with van der Waals surface area (Å²) >= 11 is 0. The Bertz CT molecular complexity index is 450. The van der Waals surface area contributed by atoms with E-state index in [0.717, 1.165) is 18.7 Å². The highest BCUT2D eigenvalue weighted by molar-refractivity contribution is 5.87. The highest BCUT2D eigenvalue weighted by Crippen LogP contribution is 2.30. The Morgan fingerprint density at radius 1 is 1.53 bits per heavy atom. The molecular formula is C12H17N3O4. The fourth-order valence-electron chi connectivity index (χ4n) is 2.51. The van der Waals surface area contributed by atoms with E-state index in [1.165, 1.54) is 0 Å². The van der Waals surface area contributed by atoms with Crippen LogP contribution in [0.4, 0.5) is 10.7 Å². The number of nitrogens with zero attached hydrogens (tertiary/aromatic N) is 1. The Morgan fingerprint density at radius 2 is 2.42 bits per heavy atom. The van der Waals surface area contributed by atoms with Crippen molar-refractivity contribution >= 4 is 11.9 Å². The van der Waals surface area contributed by atoms with Crippen molar-refractivity contribution in [2.45, 2.75) is 25.6 Å². The maximum absolute atomic E-state index is 11.6. The lowest BCUT2D eigenvalue weighted by Crippen LogP contribution is -2.35. The monoisotopic (exact) mass is 267 g/mol. The first kappa shape index (κ1) is 12.4. The Labute approximate surface area is 110 Å². The second kappa shape index (κ2) is 5.18. The van der Waals surface area contributed by atoms with Gasteiger partial charge < -0.3 is 19.3 Å². The molecule has 7 heteroatoms. The first-order chi connectivity index (χ1) is 9.20. The van der Waals surface area contributed by atoms with E-state index in [1.54, 1.807) is 13.0 Å². The quantitative estimate of drug-likeness (QED) is 0.850. The molecule has 0 bridgehead atoms. The van der Waals surface area contributed by atoms with Crippen LogP contribution in [0.5, 0.6) is 0 Å². The second-order valence-electron chi connectivity index (χ2n) is 5.00. The van der Waals surface area contributed by atoms with Crippen LogP contribution < -0.4 is 10.6 Å². The fraction of sp³-hybridized carbons (Fsp3) is 0.667. The molecule has 1 aromatic heterocycles. The average Bonchev–Trinajstić information content (AvgIpc) is 3.02. The summed E-state index contributed by atoms with van der Waals surface area (Å²) in [4.78, 5) is 11.6. The van der Waals surface area contributed by atoms with Gasteiger partial charge in [-0.2, -0.15) is 0 Å². The molecule has 0 spiro atoms. The van der Waals surface area contributed by atoms with Gasteiger partial charge in [-0.3, -0.25) is 5.32 Å². The molecule has 104 valence electrons. The Kier molecular flexibility index (Phi) is 3.39. The molecule has 0 aliphatic carbocycles. The number of urea groups is 1. The first-order valence-corrected chi connectivity index (χ1v) is 6.42. The lowest BCUT2D eigenvalue weighted by Gasteiger charge is -2.13. The Morgan fingerprint density at radius 3 is 3.16 bits per heavy atom. The molecule has 19 heavy (non-hydrogen) atoms. The van der Waals surface area contributed by atoms with Gasteiger partial charge in [-0.1, -0.05) is 5.16 Å². The zero-order valence-electron chi connectivity index (χ0n) is 10.7. The van der Waals surface area contributed by atoms with E-state index in [2.05, 4.69) is 15.8 Å². The van der Waals surface area contributed by atoms with Gasteiger partial charge in [0.2, 0.25) is 5.88 Å². The first-order valence-electron chi connectivity index (χ1n) is 6.42. The number of amides is 2. The third kappa shape index (κ3) is 2.87. The van der Waals surface area contributed by atoms with Crippen molar-refractivity contribution in [3.05, 3.63) is 11.8 Å². The summed E-state index contributed by atoms with van der Waals surface area (Å²) < 4.78 is 16.0. The SMILES string of the molecule is Cc1cc(NC(=O)NCC2C[C@@H]3COC[C@@H]3O2)on1. The molecule has 2 amide bonds. The zero-order chi connectivity index (χ0) is 13.2. The lowest BCUT2D eigenvalue weighted by atomic mass is 10.0. The number of carbonyl (C=O) groups excluding carboxylic acids is 1. The molecule has 2 fully saturated rings. The molecule has 7 nitrogen and oxygen atoms in total. The average molecular weight is 267 g/mol. The summed E-state index contributed by atoms with van der Waals surface area (Å²) in [5.41, 5.74) is 0.724. The molecule has 2 N–H and O–H groups in total. The molecule has 0 aromatic carbocycles. The standard InChI is InChI=1S/C12H17N3O4/c1-7-2-11(19-15-7)14-12(16)13-4-9-3-8-5-17-6-10(8)18-9/h2,8-10H,3-6H2,1H3,(H2,13,14,16)/t8-,9?,10+/m1/s1. The highest BCUT2D eigenvalue weighted by Gasteiger charge is 2.39. The summed E-state index contributed by atoms with van der Waals surface area (Å²) in [6, 6.07) is 1.35. The summed E-state index contributed by atoms with van der Waals surface area (Å²) in [6.45, 7) is 3.72. The molecule has 1 unspecified atom stereocenters. The second-order valence-corrected chi connectivity index (χ2v) is 5.00. The third-order valence-corrected chi connectivity index (χ3v) is 3.43. The van der Waals surface area contributed by atoms with E-state index in [-0.39, 0.29) is 18.2 Å². The van der Waals surface area contributed by atoms with Crippen LogP contribution in [-0.2, 0) is 9.47 Å². The highest BCUT2D eigenvalue weighted by atomic mass is 16.6. The van der Waals surface area contributed by atoms with Crippen molar-refractivity contribution in [3.63, 3.8) is 0 Å². The van der Waals surface area contributed by atoms with E-state index in [4.69, 9.17) is 14.0 Å². The van der Waals surface area contributed by atoms with Gasteiger partial charge >= 0.3 is 6.03 Å². The third-order valence-electron chi connectivity index (χ3n) is 3.43. The number of anilines is 1. The number of ether oxygens (including phenoxy) is 2. The molecule has 1 aromatic rings. The maximum Gasteiger partial charge on any atom is 0.321 e. The lowest BCUT2D eigenvalue weighted by molar-refractivity contribution is 0.0217. The van der Waals surface area contributed by atoms with Gasteiger partial charge in [-0.05, 0) is 13.3 Å². The molecule has 2 saturated heterocycles. The molecular weight excluding hydrogens is 250 g/mol. The van der Waals surface area contributed by atoms with Crippen molar-refractivity contribution in [1.29, 1.82) is 0 Å². The topological polar surface area (TPSA) is 85.6 Å². The van der Waals surface area contributed by atoms with Gasteiger partial charge in [0.05, 0.1) is 31.1 Å². The fourth-order valence-corrected chi connectivity index (χ4v) is 2.51. The van der Waals surface area contributed by atoms with Crippen LogP contribution in [0, 0.1) is 12.8 Å². The number of aryl methyl sites for hydroxylation is 1. The van der Waals surface area contributed by atoms with E-state index >= 15 is 0 Å². The van der Waals surface area contributed by atoms with Crippen LogP contribution in [0.25, 0.3) is 0 Å². The number of hydrogen-bond donors (Lipinski definition) is 2.